The molecule has 0 aliphatic heterocycles. The van der Waals surface area contributed by atoms with E-state index in [-0.39, 0.29) is 0 Å². The monoisotopic (exact) mass is 210 g/mol. The summed E-state index contributed by atoms with van der Waals surface area (Å²) in [4.78, 5) is 28.1. The predicted molar refractivity (Wildman–Crippen MR) is 40.9 cm³/mol. The molecule has 9 nitrogen and oxygen atoms in total. The molecule has 1 rings (SSSR count). The molecule has 74 valence electrons. The molecule has 1 heterocycles. The van der Waals surface area contributed by atoms with E-state index in [0.717, 1.165) is 11.0 Å². The van der Waals surface area contributed by atoms with E-state index in [1.165, 1.54) is 12.4 Å². The van der Waals surface area contributed by atoms with E-state index in [1.54, 1.807) is 0 Å². The number of nitro groups is 1. The van der Waals surface area contributed by atoms with Crippen LogP contribution in [0.5, 0.6) is 0 Å². The Kier molecular flexibility index (Phi) is 4.21. The van der Waals surface area contributed by atoms with Crippen LogP contribution < -0.4 is 5.50 Å². The summed E-state index contributed by atoms with van der Waals surface area (Å²) in [6.45, 7) is 0. The van der Waals surface area contributed by atoms with Gasteiger partial charge >= 0.3 is 7.75 Å². The molecule has 4 N–H and O–H groups in total. The molecule has 0 saturated carbocycles. The van der Waals surface area contributed by atoms with Gasteiger partial charge in [0.05, 0.1) is 12.4 Å². The van der Waals surface area contributed by atoms with Gasteiger partial charge in [0.2, 0.25) is 0 Å². The zero-order chi connectivity index (χ0) is 10.5. The summed E-state index contributed by atoms with van der Waals surface area (Å²) in [7, 11) is -4.14. The Hall–Kier alpha value is -1.28. The van der Waals surface area contributed by atoms with Crippen molar-refractivity contribution in [2.24, 2.45) is 5.50 Å². The number of nitrogens with zero attached hydrogens (tertiary/aromatic N) is 3. The Morgan fingerprint density at radius 3 is 2.23 bits per heavy atom. The molecule has 0 radical (unpaired) electrons. The van der Waals surface area contributed by atoms with Gasteiger partial charge in [-0.05, 0) is 0 Å². The van der Waals surface area contributed by atoms with E-state index >= 15 is 0 Å². The number of imidazole rings is 1. The Labute approximate surface area is 72.1 Å². The molecule has 13 heavy (non-hydrogen) atoms. The van der Waals surface area contributed by atoms with Crippen molar-refractivity contribution in [2.45, 2.75) is 0 Å². The second kappa shape index (κ2) is 4.67. The highest BCUT2D eigenvalue weighted by Gasteiger charge is 1.96. The van der Waals surface area contributed by atoms with E-state index in [4.69, 9.17) is 14.4 Å². The molecule has 0 aliphatic carbocycles. The highest BCUT2D eigenvalue weighted by Crippen LogP contribution is 2.20. The average Bonchev–Trinajstić information content (AvgIpc) is 2.31. The summed E-state index contributed by atoms with van der Waals surface area (Å²) in [6.07, 6.45) is 3.74. The fourth-order valence-electron chi connectivity index (χ4n) is 0.349. The van der Waals surface area contributed by atoms with Gasteiger partial charge in [0.25, 0.3) is 0 Å². The lowest BCUT2D eigenvalue weighted by molar-refractivity contribution is -0.542. The van der Waals surface area contributed by atoms with Crippen LogP contribution in [0.3, 0.4) is 0 Å². The lowest BCUT2D eigenvalue weighted by Gasteiger charge is -1.84. The van der Waals surface area contributed by atoms with Crippen LogP contribution >= 0.6 is 7.75 Å². The molecule has 0 atom stereocenters. The molecule has 1 aromatic rings. The van der Waals surface area contributed by atoms with Crippen LogP contribution in [0.15, 0.2) is 18.7 Å². The molecule has 0 saturated heterocycles. The molecule has 0 aliphatic rings. The highest BCUT2D eigenvalue weighted by atomic mass is 31.2. The van der Waals surface area contributed by atoms with Crippen molar-refractivity contribution in [2.75, 3.05) is 0 Å². The van der Waals surface area contributed by atoms with Crippen molar-refractivity contribution < 1.29 is 19.4 Å². The summed E-state index contributed by atoms with van der Waals surface area (Å²) >= 11 is 0. The maximum atomic E-state index is 9.79. The summed E-state index contributed by atoms with van der Waals surface area (Å²) in [5.74, 6) is 0. The Morgan fingerprint density at radius 1 is 1.62 bits per heavy atom. The van der Waals surface area contributed by atoms with Gasteiger partial charge in [-0.15, -0.1) is 0 Å². The van der Waals surface area contributed by atoms with Crippen molar-refractivity contribution in [3.8, 4) is 0 Å². The first-order valence-electron chi connectivity index (χ1n) is 2.77. The Morgan fingerprint density at radius 2 is 2.08 bits per heavy atom. The molecule has 10 heteroatoms. The smallest absolute Gasteiger partial charge is 0.313 e. The Bertz CT molecular complexity index is 295. The highest BCUT2D eigenvalue weighted by molar-refractivity contribution is 7.49. The lowest BCUT2D eigenvalue weighted by Crippen LogP contribution is -2.04. The average molecular weight is 210 g/mol. The van der Waals surface area contributed by atoms with Gasteiger partial charge in [-0.2, -0.15) is 0 Å². The van der Waals surface area contributed by atoms with Crippen molar-refractivity contribution >= 4 is 7.75 Å². The van der Waals surface area contributed by atoms with Crippen LogP contribution in [0.4, 0.5) is 0 Å². The number of rotatable bonds is 1. The second-order valence-corrected chi connectivity index (χ2v) is 2.95. The van der Waals surface area contributed by atoms with Crippen LogP contribution in [0.1, 0.15) is 0 Å². The summed E-state index contributed by atoms with van der Waals surface area (Å²) < 4.78 is 9.88. The maximum Gasteiger partial charge on any atom is 0.397 e. The fourth-order valence-corrected chi connectivity index (χ4v) is 0.349. The lowest BCUT2D eigenvalue weighted by atomic mass is 11.0. The van der Waals surface area contributed by atoms with Gasteiger partial charge < -0.3 is 9.79 Å². The number of aromatic nitrogens is 2. The van der Waals surface area contributed by atoms with Crippen LogP contribution in [0, 0.1) is 10.1 Å². The van der Waals surface area contributed by atoms with Crippen LogP contribution in [0.25, 0.3) is 0 Å². The molecule has 1 aromatic heterocycles. The quantitative estimate of drug-likeness (QED) is 0.305. The number of hydrogen-bond acceptors (Lipinski definition) is 4. The van der Waals surface area contributed by atoms with Crippen LogP contribution in [0.2, 0.25) is 0 Å². The number of hydrogen-bond donors (Lipinski definition) is 3. The first-order chi connectivity index (χ1) is 5.80. The SMILES string of the molecule is NP(=O)(O)O.O=[N+]([O-])n1ccnc1. The molecule has 0 aromatic carbocycles. The van der Waals surface area contributed by atoms with Gasteiger partial charge in [0.15, 0.2) is 11.4 Å². The largest absolute Gasteiger partial charge is 0.397 e. The van der Waals surface area contributed by atoms with E-state index in [9.17, 15) is 10.1 Å². The first kappa shape index (κ1) is 11.7. The number of nitrogens with two attached hydrogens (primary N) is 1. The molecule has 0 spiro atoms. The Balaban J connectivity index is 0.000000252. The summed E-state index contributed by atoms with van der Waals surface area (Å²) in [6, 6.07) is 0. The first-order valence-corrected chi connectivity index (χ1v) is 4.45. The minimum atomic E-state index is -4.14. The van der Waals surface area contributed by atoms with Gasteiger partial charge in [0.1, 0.15) is 0 Å². The van der Waals surface area contributed by atoms with Gasteiger partial charge in [-0.25, -0.2) is 25.2 Å². The molecule has 0 amide bonds. The predicted octanol–water partition coefficient (Wildman–Crippen LogP) is -1.04. The standard InChI is InChI=1S/C3H3N3O2.H4NO3P/c7-6(8)5-2-1-4-3-5;1-5(2,3)4/h1-3H;(H4,1,2,3,4). The third kappa shape index (κ3) is 8.63. The second-order valence-electron chi connectivity index (χ2n) is 1.77. The molecular formula is C3H7N4O5P. The van der Waals surface area contributed by atoms with Gasteiger partial charge in [0, 0.05) is 0 Å². The van der Waals surface area contributed by atoms with Crippen molar-refractivity contribution in [3.63, 3.8) is 0 Å². The van der Waals surface area contributed by atoms with E-state index in [0.29, 0.717) is 0 Å². The molecule has 0 unspecified atom stereocenters. The fraction of sp³-hybridized carbons (Fsp3) is 0. The van der Waals surface area contributed by atoms with Crippen molar-refractivity contribution in [1.82, 2.24) is 9.66 Å². The van der Waals surface area contributed by atoms with Gasteiger partial charge in [-0.1, -0.05) is 4.68 Å². The van der Waals surface area contributed by atoms with Crippen LogP contribution in [-0.2, 0) is 4.57 Å². The van der Waals surface area contributed by atoms with Crippen LogP contribution in [-0.4, -0.2) is 24.5 Å². The normalized spacial score (nSPS) is 10.1. The van der Waals surface area contributed by atoms with Crippen molar-refractivity contribution in [1.29, 1.82) is 0 Å². The maximum absolute atomic E-state index is 9.79. The third-order valence-corrected chi connectivity index (χ3v) is 0.679. The summed E-state index contributed by atoms with van der Waals surface area (Å²) in [5.41, 5.74) is 4.02. The summed E-state index contributed by atoms with van der Waals surface area (Å²) in [5, 5.41) is 9.23. The topological polar surface area (TPSA) is 145 Å². The van der Waals surface area contributed by atoms with E-state index in [1.807, 2.05) is 0 Å². The minimum Gasteiger partial charge on any atom is -0.313 e. The van der Waals surface area contributed by atoms with Gasteiger partial charge in [-0.3, -0.25) is 0 Å². The zero-order valence-corrected chi connectivity index (χ0v) is 7.11. The van der Waals surface area contributed by atoms with E-state index < -0.39 is 12.8 Å². The molecular weight excluding hydrogens is 203 g/mol. The minimum absolute atomic E-state index is 0.562. The molecule has 0 bridgehead atoms. The third-order valence-electron chi connectivity index (χ3n) is 0.679. The molecule has 0 fully saturated rings. The van der Waals surface area contributed by atoms with Crippen molar-refractivity contribution in [3.05, 3.63) is 28.8 Å². The zero-order valence-electron chi connectivity index (χ0n) is 6.22. The van der Waals surface area contributed by atoms with E-state index in [2.05, 4.69) is 10.5 Å².